The number of para-hydroxylation sites is 1. The van der Waals surface area contributed by atoms with Crippen molar-refractivity contribution >= 4 is 29.1 Å². The summed E-state index contributed by atoms with van der Waals surface area (Å²) in [6.07, 6.45) is 0.582. The highest BCUT2D eigenvalue weighted by molar-refractivity contribution is 6.31. The van der Waals surface area contributed by atoms with E-state index in [2.05, 4.69) is 10.6 Å². The van der Waals surface area contributed by atoms with Gasteiger partial charge < -0.3 is 10.6 Å². The molecule has 0 bridgehead atoms. The number of rotatable bonds is 6. The molecule has 0 aliphatic rings. The Kier molecular flexibility index (Phi) is 6.53. The highest BCUT2D eigenvalue weighted by atomic mass is 35.5. The lowest BCUT2D eigenvalue weighted by molar-refractivity contribution is -0.115. The number of hydrogen-bond acceptors (Lipinski definition) is 2. The van der Waals surface area contributed by atoms with Gasteiger partial charge in [-0.1, -0.05) is 36.7 Å². The van der Waals surface area contributed by atoms with Crippen LogP contribution < -0.4 is 10.6 Å². The topological polar surface area (TPSA) is 58.2 Å². The third-order valence-electron chi connectivity index (χ3n) is 3.83. The Bertz CT molecular complexity index is 760. The highest BCUT2D eigenvalue weighted by Crippen LogP contribution is 2.21. The first-order valence-corrected chi connectivity index (χ1v) is 8.42. The van der Waals surface area contributed by atoms with Crippen molar-refractivity contribution in [2.24, 2.45) is 0 Å². The predicted octanol–water partition coefficient (Wildman–Crippen LogP) is 4.19. The summed E-state index contributed by atoms with van der Waals surface area (Å²) in [5, 5.41) is 5.71. The number of anilines is 1. The van der Waals surface area contributed by atoms with Crippen molar-refractivity contribution in [3.8, 4) is 0 Å². The van der Waals surface area contributed by atoms with Crippen LogP contribution in [-0.4, -0.2) is 17.9 Å². The van der Waals surface area contributed by atoms with Gasteiger partial charge in [-0.2, -0.15) is 0 Å². The van der Waals surface area contributed by atoms with E-state index in [9.17, 15) is 14.0 Å². The average molecular weight is 363 g/mol. The second kappa shape index (κ2) is 8.62. The molecule has 1 atom stereocenters. The van der Waals surface area contributed by atoms with E-state index in [0.29, 0.717) is 11.3 Å². The minimum Gasteiger partial charge on any atom is -0.350 e. The zero-order valence-electron chi connectivity index (χ0n) is 14.1. The summed E-state index contributed by atoms with van der Waals surface area (Å²) in [4.78, 5) is 24.6. The van der Waals surface area contributed by atoms with E-state index in [1.54, 1.807) is 24.3 Å². The molecule has 0 aromatic heterocycles. The maximum absolute atomic E-state index is 13.8. The molecule has 132 valence electrons. The molecule has 0 spiro atoms. The van der Waals surface area contributed by atoms with Crippen LogP contribution in [-0.2, 0) is 11.2 Å². The molecule has 25 heavy (non-hydrogen) atoms. The van der Waals surface area contributed by atoms with Gasteiger partial charge in [0.15, 0.2) is 0 Å². The molecule has 1 unspecified atom stereocenters. The molecule has 6 heteroatoms. The number of carbonyl (C=O) groups is 2. The first-order chi connectivity index (χ1) is 11.9. The lowest BCUT2D eigenvalue weighted by atomic mass is 10.1. The van der Waals surface area contributed by atoms with Crippen LogP contribution in [0.25, 0.3) is 0 Å². The quantitative estimate of drug-likeness (QED) is 0.809. The minimum atomic E-state index is -0.537. The Balaban J connectivity index is 2.15. The summed E-state index contributed by atoms with van der Waals surface area (Å²) in [6, 6.07) is 11.0. The average Bonchev–Trinajstić information content (AvgIpc) is 2.58. The van der Waals surface area contributed by atoms with Gasteiger partial charge in [0, 0.05) is 16.6 Å². The molecule has 2 aromatic rings. The third kappa shape index (κ3) is 5.03. The van der Waals surface area contributed by atoms with Gasteiger partial charge in [-0.05, 0) is 37.6 Å². The predicted molar refractivity (Wildman–Crippen MR) is 97.4 cm³/mol. The second-order valence-corrected chi connectivity index (χ2v) is 6.16. The fourth-order valence-corrected chi connectivity index (χ4v) is 2.48. The Morgan fingerprint density at radius 2 is 1.88 bits per heavy atom. The molecule has 0 saturated heterocycles. The third-order valence-corrected chi connectivity index (χ3v) is 4.19. The van der Waals surface area contributed by atoms with Gasteiger partial charge in [-0.3, -0.25) is 9.59 Å². The Morgan fingerprint density at radius 3 is 2.56 bits per heavy atom. The minimum absolute atomic E-state index is 0.0217. The van der Waals surface area contributed by atoms with Gasteiger partial charge in [-0.15, -0.1) is 0 Å². The van der Waals surface area contributed by atoms with E-state index in [1.807, 2.05) is 13.8 Å². The molecule has 2 aromatic carbocycles. The Labute approximate surface area is 151 Å². The maximum Gasteiger partial charge on any atom is 0.253 e. The summed E-state index contributed by atoms with van der Waals surface area (Å²) in [6.45, 7) is 3.87. The van der Waals surface area contributed by atoms with Crippen LogP contribution in [0.4, 0.5) is 10.1 Å². The van der Waals surface area contributed by atoms with Crippen molar-refractivity contribution < 1.29 is 14.0 Å². The molecule has 0 aliphatic carbocycles. The summed E-state index contributed by atoms with van der Waals surface area (Å²) < 4.78 is 13.8. The fourth-order valence-electron chi connectivity index (χ4n) is 2.25. The van der Waals surface area contributed by atoms with E-state index < -0.39 is 11.7 Å². The number of halogens is 2. The monoisotopic (exact) mass is 362 g/mol. The number of benzene rings is 2. The van der Waals surface area contributed by atoms with Crippen molar-refractivity contribution in [1.82, 2.24) is 5.32 Å². The number of nitrogens with one attached hydrogen (secondary N) is 2. The van der Waals surface area contributed by atoms with Crippen LogP contribution in [0.1, 0.15) is 36.2 Å². The number of carbonyl (C=O) groups excluding carboxylic acids is 2. The molecule has 2 amide bonds. The largest absolute Gasteiger partial charge is 0.350 e. The van der Waals surface area contributed by atoms with Crippen LogP contribution in [0.5, 0.6) is 0 Å². The van der Waals surface area contributed by atoms with Crippen LogP contribution in [0.15, 0.2) is 42.5 Å². The van der Waals surface area contributed by atoms with Crippen molar-refractivity contribution in [3.63, 3.8) is 0 Å². The van der Waals surface area contributed by atoms with E-state index >= 15 is 0 Å². The lowest BCUT2D eigenvalue weighted by Crippen LogP contribution is -2.32. The van der Waals surface area contributed by atoms with Crippen molar-refractivity contribution in [3.05, 3.63) is 64.4 Å². The standard InChI is InChI=1S/C19H20ClFN2O2/c1-3-12(2)22-19(25)13-7-4-5-10-17(13)23-18(24)11-14-15(20)8-6-9-16(14)21/h4-10,12H,3,11H2,1-2H3,(H,22,25)(H,23,24). The van der Waals surface area contributed by atoms with Crippen LogP contribution in [0, 0.1) is 5.82 Å². The Hall–Kier alpha value is -2.40. The molecule has 0 radical (unpaired) electrons. The zero-order valence-corrected chi connectivity index (χ0v) is 14.9. The molecule has 0 aliphatic heterocycles. The van der Waals surface area contributed by atoms with Gasteiger partial charge in [0.1, 0.15) is 5.82 Å². The van der Waals surface area contributed by atoms with Crippen LogP contribution in [0.3, 0.4) is 0 Å². The van der Waals surface area contributed by atoms with Gasteiger partial charge in [0.05, 0.1) is 17.7 Å². The number of hydrogen-bond donors (Lipinski definition) is 2. The zero-order chi connectivity index (χ0) is 18.4. The Morgan fingerprint density at radius 1 is 1.16 bits per heavy atom. The molecule has 2 N–H and O–H groups in total. The van der Waals surface area contributed by atoms with Gasteiger partial charge >= 0.3 is 0 Å². The molecule has 4 nitrogen and oxygen atoms in total. The smallest absolute Gasteiger partial charge is 0.253 e. The summed E-state index contributed by atoms with van der Waals surface area (Å²) in [5.74, 6) is -1.25. The molecular formula is C19H20ClFN2O2. The summed E-state index contributed by atoms with van der Waals surface area (Å²) in [5.41, 5.74) is 0.861. The fraction of sp³-hybridized carbons (Fsp3) is 0.263. The molecular weight excluding hydrogens is 343 g/mol. The van der Waals surface area contributed by atoms with Crippen LogP contribution >= 0.6 is 11.6 Å². The normalized spacial score (nSPS) is 11.7. The molecule has 0 fully saturated rings. The summed E-state index contributed by atoms with van der Waals surface area (Å²) in [7, 11) is 0. The van der Waals surface area contributed by atoms with Crippen LogP contribution in [0.2, 0.25) is 5.02 Å². The van der Waals surface area contributed by atoms with E-state index in [1.165, 1.54) is 18.2 Å². The first kappa shape index (κ1) is 18.9. The van der Waals surface area contributed by atoms with Gasteiger partial charge in [0.2, 0.25) is 5.91 Å². The molecule has 2 rings (SSSR count). The van der Waals surface area contributed by atoms with E-state index in [4.69, 9.17) is 11.6 Å². The maximum atomic E-state index is 13.8. The van der Waals surface area contributed by atoms with Gasteiger partial charge in [-0.25, -0.2) is 4.39 Å². The van der Waals surface area contributed by atoms with Crippen molar-refractivity contribution in [1.29, 1.82) is 0 Å². The lowest BCUT2D eigenvalue weighted by Gasteiger charge is -2.15. The number of amides is 2. The highest BCUT2D eigenvalue weighted by Gasteiger charge is 2.16. The molecule has 0 heterocycles. The van der Waals surface area contributed by atoms with Crippen molar-refractivity contribution in [2.45, 2.75) is 32.7 Å². The second-order valence-electron chi connectivity index (χ2n) is 5.75. The van der Waals surface area contributed by atoms with E-state index in [-0.39, 0.29) is 29.0 Å². The summed E-state index contributed by atoms with van der Waals surface area (Å²) >= 11 is 5.95. The first-order valence-electron chi connectivity index (χ1n) is 8.05. The van der Waals surface area contributed by atoms with Gasteiger partial charge in [0.25, 0.3) is 5.91 Å². The van der Waals surface area contributed by atoms with Crippen molar-refractivity contribution in [2.75, 3.05) is 5.32 Å². The van der Waals surface area contributed by atoms with E-state index in [0.717, 1.165) is 6.42 Å². The SMILES string of the molecule is CCC(C)NC(=O)c1ccccc1NC(=O)Cc1c(F)cccc1Cl. The molecule has 0 saturated carbocycles.